The molecule has 70 valence electrons. The van der Waals surface area contributed by atoms with Crippen LogP contribution in [0.4, 0.5) is 10.1 Å². The molecule has 0 aliphatic rings. The number of nitrogen functional groups attached to an aromatic ring is 1. The number of aromatic hydroxyl groups is 1. The average Bonchev–Trinajstić information content (AvgIpc) is 2.10. The summed E-state index contributed by atoms with van der Waals surface area (Å²) in [6.45, 7) is 0. The van der Waals surface area contributed by atoms with Crippen molar-refractivity contribution in [3.63, 3.8) is 0 Å². The van der Waals surface area contributed by atoms with Crippen molar-refractivity contribution >= 4 is 27.4 Å². The second kappa shape index (κ2) is 3.74. The number of hydrogen-bond acceptors (Lipinski definition) is 3. The van der Waals surface area contributed by atoms with Crippen molar-refractivity contribution in [2.24, 2.45) is 0 Å². The van der Waals surface area contributed by atoms with Crippen LogP contribution in [-0.4, -0.2) is 16.2 Å². The van der Waals surface area contributed by atoms with Gasteiger partial charge in [-0.2, -0.15) is 0 Å². The van der Waals surface area contributed by atoms with E-state index in [4.69, 9.17) is 10.8 Å². The fraction of sp³-hybridized carbons (Fsp3) is 0.125. The van der Waals surface area contributed by atoms with Crippen LogP contribution in [0.3, 0.4) is 0 Å². The molecule has 13 heavy (non-hydrogen) atoms. The molecule has 0 saturated heterocycles. The summed E-state index contributed by atoms with van der Waals surface area (Å²) in [5.41, 5.74) is 5.55. The Morgan fingerprint density at radius 1 is 1.62 bits per heavy atom. The molecule has 0 fully saturated rings. The number of benzene rings is 1. The van der Waals surface area contributed by atoms with Crippen LogP contribution in [-0.2, 0) is 0 Å². The van der Waals surface area contributed by atoms with Crippen LogP contribution in [0.5, 0.6) is 5.75 Å². The largest absolute Gasteiger partial charge is 0.505 e. The number of alkyl halides is 1. The highest BCUT2D eigenvalue weighted by molar-refractivity contribution is 9.09. The fourth-order valence-electron chi connectivity index (χ4n) is 0.891. The minimum atomic E-state index is -0.849. The quantitative estimate of drug-likeness (QED) is 0.475. The molecule has 0 spiro atoms. The Morgan fingerprint density at radius 3 is 2.77 bits per heavy atom. The molecule has 0 aromatic heterocycles. The van der Waals surface area contributed by atoms with Crippen LogP contribution in [0.2, 0.25) is 0 Å². The SMILES string of the molecule is Nc1cc(O)c(F)cc1C(=O)CBr. The van der Waals surface area contributed by atoms with E-state index in [0.29, 0.717) is 0 Å². The highest BCUT2D eigenvalue weighted by Gasteiger charge is 2.12. The summed E-state index contributed by atoms with van der Waals surface area (Å²) < 4.78 is 12.8. The first-order valence-corrected chi connectivity index (χ1v) is 4.55. The number of anilines is 1. The van der Waals surface area contributed by atoms with Gasteiger partial charge < -0.3 is 10.8 Å². The van der Waals surface area contributed by atoms with E-state index in [1.807, 2.05) is 0 Å². The predicted molar refractivity (Wildman–Crippen MR) is 50.6 cm³/mol. The summed E-state index contributed by atoms with van der Waals surface area (Å²) in [6.07, 6.45) is 0. The number of hydrogen-bond donors (Lipinski definition) is 2. The first-order valence-electron chi connectivity index (χ1n) is 3.43. The van der Waals surface area contributed by atoms with E-state index in [9.17, 15) is 9.18 Å². The Balaban J connectivity index is 3.23. The third-order valence-electron chi connectivity index (χ3n) is 1.54. The molecule has 0 aliphatic carbocycles. The monoisotopic (exact) mass is 247 g/mol. The van der Waals surface area contributed by atoms with E-state index in [0.717, 1.165) is 12.1 Å². The lowest BCUT2D eigenvalue weighted by atomic mass is 10.1. The van der Waals surface area contributed by atoms with Gasteiger partial charge in [0.2, 0.25) is 0 Å². The number of rotatable bonds is 2. The topological polar surface area (TPSA) is 63.3 Å². The Kier molecular flexibility index (Phi) is 2.87. The first-order chi connectivity index (χ1) is 6.06. The summed E-state index contributed by atoms with van der Waals surface area (Å²) >= 11 is 2.94. The molecule has 0 aliphatic heterocycles. The summed E-state index contributed by atoms with van der Waals surface area (Å²) in [5, 5.41) is 8.97. The van der Waals surface area contributed by atoms with Crippen LogP contribution >= 0.6 is 15.9 Å². The van der Waals surface area contributed by atoms with Gasteiger partial charge in [-0.1, -0.05) is 15.9 Å². The van der Waals surface area contributed by atoms with Crippen molar-refractivity contribution in [3.8, 4) is 5.75 Å². The van der Waals surface area contributed by atoms with Gasteiger partial charge in [0.25, 0.3) is 0 Å². The summed E-state index contributed by atoms with van der Waals surface area (Å²) in [7, 11) is 0. The Labute approximate surface area is 82.5 Å². The van der Waals surface area contributed by atoms with Gasteiger partial charge in [-0.05, 0) is 6.07 Å². The summed E-state index contributed by atoms with van der Waals surface area (Å²) in [5.74, 6) is -1.72. The second-order valence-corrected chi connectivity index (χ2v) is 3.01. The number of carbonyl (C=O) groups excluding carboxylic acids is 1. The molecule has 0 saturated carbocycles. The molecule has 3 N–H and O–H groups in total. The standard InChI is InChI=1S/C8H7BrFNO2/c9-3-8(13)4-1-5(10)7(12)2-6(4)11/h1-2,12H,3,11H2. The number of phenolic OH excluding ortho intramolecular Hbond substituents is 1. The van der Waals surface area contributed by atoms with Gasteiger partial charge in [0.1, 0.15) is 0 Å². The average molecular weight is 248 g/mol. The van der Waals surface area contributed by atoms with E-state index < -0.39 is 11.6 Å². The van der Waals surface area contributed by atoms with Crippen molar-refractivity contribution in [1.29, 1.82) is 0 Å². The molecule has 0 amide bonds. The lowest BCUT2D eigenvalue weighted by molar-refractivity contribution is 0.102. The van der Waals surface area contributed by atoms with Gasteiger partial charge in [-0.3, -0.25) is 4.79 Å². The number of phenols is 1. The Hall–Kier alpha value is -1.10. The van der Waals surface area contributed by atoms with Crippen LogP contribution in [0.1, 0.15) is 10.4 Å². The van der Waals surface area contributed by atoms with E-state index in [1.54, 1.807) is 0 Å². The zero-order valence-electron chi connectivity index (χ0n) is 6.55. The fourth-order valence-corrected chi connectivity index (χ4v) is 1.19. The predicted octanol–water partition coefficient (Wildman–Crippen LogP) is 1.69. The highest BCUT2D eigenvalue weighted by Crippen LogP contribution is 2.23. The summed E-state index contributed by atoms with van der Waals surface area (Å²) in [6, 6.07) is 1.94. The molecule has 0 bridgehead atoms. The molecule has 0 atom stereocenters. The normalized spacial score (nSPS) is 10.0. The summed E-state index contributed by atoms with van der Waals surface area (Å²) in [4.78, 5) is 11.1. The Morgan fingerprint density at radius 2 is 2.23 bits per heavy atom. The van der Waals surface area contributed by atoms with Crippen molar-refractivity contribution in [2.45, 2.75) is 0 Å². The van der Waals surface area contributed by atoms with Gasteiger partial charge in [-0.15, -0.1) is 0 Å². The van der Waals surface area contributed by atoms with Gasteiger partial charge in [0, 0.05) is 17.3 Å². The maximum atomic E-state index is 12.8. The highest BCUT2D eigenvalue weighted by atomic mass is 79.9. The number of carbonyl (C=O) groups is 1. The van der Waals surface area contributed by atoms with E-state index in [-0.39, 0.29) is 22.4 Å². The third-order valence-corrected chi connectivity index (χ3v) is 2.05. The maximum Gasteiger partial charge on any atom is 0.175 e. The minimum absolute atomic E-state index is 0.0708. The second-order valence-electron chi connectivity index (χ2n) is 2.45. The maximum absolute atomic E-state index is 12.8. The van der Waals surface area contributed by atoms with E-state index in [2.05, 4.69) is 15.9 Å². The zero-order valence-corrected chi connectivity index (χ0v) is 8.14. The van der Waals surface area contributed by atoms with Gasteiger partial charge in [0.05, 0.1) is 5.33 Å². The molecular weight excluding hydrogens is 241 g/mol. The number of ketones is 1. The number of halogens is 2. The van der Waals surface area contributed by atoms with E-state index in [1.165, 1.54) is 0 Å². The molecular formula is C8H7BrFNO2. The van der Waals surface area contributed by atoms with Crippen molar-refractivity contribution in [1.82, 2.24) is 0 Å². The van der Waals surface area contributed by atoms with Gasteiger partial charge >= 0.3 is 0 Å². The lowest BCUT2D eigenvalue weighted by Crippen LogP contribution is -2.05. The molecule has 1 aromatic rings. The van der Waals surface area contributed by atoms with Crippen LogP contribution in [0.15, 0.2) is 12.1 Å². The van der Waals surface area contributed by atoms with Crippen LogP contribution in [0.25, 0.3) is 0 Å². The molecule has 5 heteroatoms. The minimum Gasteiger partial charge on any atom is -0.505 e. The first kappa shape index (κ1) is 9.98. The molecule has 1 rings (SSSR count). The van der Waals surface area contributed by atoms with Crippen LogP contribution < -0.4 is 5.73 Å². The third kappa shape index (κ3) is 1.98. The number of Topliss-reactive ketones (excluding diaryl/α,β-unsaturated/α-hetero) is 1. The van der Waals surface area contributed by atoms with Crippen molar-refractivity contribution in [3.05, 3.63) is 23.5 Å². The lowest BCUT2D eigenvalue weighted by Gasteiger charge is -2.03. The zero-order chi connectivity index (χ0) is 10.0. The van der Waals surface area contributed by atoms with Crippen LogP contribution in [0, 0.1) is 5.82 Å². The molecule has 1 aromatic carbocycles. The van der Waals surface area contributed by atoms with Crippen molar-refractivity contribution < 1.29 is 14.3 Å². The molecule has 0 unspecified atom stereocenters. The number of nitrogens with two attached hydrogens (primary N) is 1. The smallest absolute Gasteiger partial charge is 0.175 e. The Bertz CT molecular complexity index is 354. The van der Waals surface area contributed by atoms with Gasteiger partial charge in [0.15, 0.2) is 17.3 Å². The van der Waals surface area contributed by atoms with E-state index >= 15 is 0 Å². The van der Waals surface area contributed by atoms with Gasteiger partial charge in [-0.25, -0.2) is 4.39 Å². The molecule has 0 heterocycles. The molecule has 3 nitrogen and oxygen atoms in total. The van der Waals surface area contributed by atoms with Crippen molar-refractivity contribution in [2.75, 3.05) is 11.1 Å². The molecule has 0 radical (unpaired) electrons.